The first-order valence-electron chi connectivity index (χ1n) is 12.1. The average molecular weight is 475 g/mol. The molecule has 1 amide bonds. The van der Waals surface area contributed by atoms with Crippen molar-refractivity contribution in [1.29, 1.82) is 0 Å². The first-order chi connectivity index (χ1) is 17.1. The molecule has 0 saturated heterocycles. The van der Waals surface area contributed by atoms with E-state index in [1.165, 1.54) is 0 Å². The molecule has 2 aromatic heterocycles. The molecule has 4 rings (SSSR count). The van der Waals surface area contributed by atoms with Crippen LogP contribution in [0.25, 0.3) is 21.9 Å². The number of hydrogen-bond acceptors (Lipinski definition) is 4. The standard InChI is InChI=1S/C28H34N4O3/c1-4-35-15-8-13-32-21-29-17-23(32)18-31-19-26(27(20-31)28(33)30(2)14-16-34-3)25-12-7-10-22-9-5-6-11-24(22)25/h5-7,9-12,17,19-21H,4,8,13-16,18H2,1-3H3. The van der Waals surface area contributed by atoms with Crippen molar-refractivity contribution >= 4 is 16.7 Å². The first-order valence-corrected chi connectivity index (χ1v) is 12.1. The highest BCUT2D eigenvalue weighted by Crippen LogP contribution is 2.32. The van der Waals surface area contributed by atoms with Crippen molar-refractivity contribution in [3.05, 3.63) is 78.6 Å². The lowest BCUT2D eigenvalue weighted by molar-refractivity contribution is 0.0745. The zero-order valence-electron chi connectivity index (χ0n) is 20.8. The smallest absolute Gasteiger partial charge is 0.255 e. The van der Waals surface area contributed by atoms with Gasteiger partial charge in [0.1, 0.15) is 0 Å². The van der Waals surface area contributed by atoms with E-state index >= 15 is 0 Å². The van der Waals surface area contributed by atoms with Gasteiger partial charge in [0.05, 0.1) is 30.7 Å². The number of carbonyl (C=O) groups excluding carboxylic acids is 1. The van der Waals surface area contributed by atoms with Crippen LogP contribution in [0.4, 0.5) is 0 Å². The number of aromatic nitrogens is 3. The van der Waals surface area contributed by atoms with Gasteiger partial charge in [-0.25, -0.2) is 4.98 Å². The number of ether oxygens (including phenoxy) is 2. The molecule has 0 fully saturated rings. The van der Waals surface area contributed by atoms with Crippen molar-refractivity contribution in [2.45, 2.75) is 26.4 Å². The summed E-state index contributed by atoms with van der Waals surface area (Å²) in [5.74, 6) is -0.0195. The molecular formula is C28H34N4O3. The van der Waals surface area contributed by atoms with Crippen molar-refractivity contribution in [3.8, 4) is 11.1 Å². The third-order valence-electron chi connectivity index (χ3n) is 6.20. The van der Waals surface area contributed by atoms with Crippen LogP contribution < -0.4 is 0 Å². The van der Waals surface area contributed by atoms with E-state index in [9.17, 15) is 4.79 Å². The van der Waals surface area contributed by atoms with Crippen LogP contribution in [0.5, 0.6) is 0 Å². The summed E-state index contributed by atoms with van der Waals surface area (Å²) in [6, 6.07) is 14.5. The minimum absolute atomic E-state index is 0.0195. The number of carbonyl (C=O) groups is 1. The fourth-order valence-electron chi connectivity index (χ4n) is 4.33. The third kappa shape index (κ3) is 5.81. The Balaban J connectivity index is 1.68. The molecule has 4 aromatic rings. The van der Waals surface area contributed by atoms with Gasteiger partial charge in [0, 0.05) is 64.6 Å². The van der Waals surface area contributed by atoms with Gasteiger partial charge in [-0.1, -0.05) is 42.5 Å². The number of nitrogens with zero attached hydrogens (tertiary/aromatic N) is 4. The van der Waals surface area contributed by atoms with E-state index in [-0.39, 0.29) is 5.91 Å². The predicted molar refractivity (Wildman–Crippen MR) is 139 cm³/mol. The van der Waals surface area contributed by atoms with E-state index in [0.29, 0.717) is 25.3 Å². The van der Waals surface area contributed by atoms with E-state index < -0.39 is 0 Å². The van der Waals surface area contributed by atoms with E-state index in [1.807, 2.05) is 50.9 Å². The Morgan fingerprint density at radius 2 is 1.89 bits per heavy atom. The molecule has 0 aliphatic heterocycles. The van der Waals surface area contributed by atoms with Crippen molar-refractivity contribution in [3.63, 3.8) is 0 Å². The number of methoxy groups -OCH3 is 1. The summed E-state index contributed by atoms with van der Waals surface area (Å²) in [5, 5.41) is 2.28. The third-order valence-corrected chi connectivity index (χ3v) is 6.20. The summed E-state index contributed by atoms with van der Waals surface area (Å²) >= 11 is 0. The van der Waals surface area contributed by atoms with Gasteiger partial charge in [0.25, 0.3) is 5.91 Å². The Bertz CT molecular complexity index is 1250. The second kappa shape index (κ2) is 11.8. The van der Waals surface area contributed by atoms with Gasteiger partial charge < -0.3 is 23.5 Å². The molecule has 0 N–H and O–H groups in total. The molecule has 7 nitrogen and oxygen atoms in total. The second-order valence-corrected chi connectivity index (χ2v) is 8.63. The number of benzene rings is 2. The van der Waals surface area contributed by atoms with Crippen molar-refractivity contribution < 1.29 is 14.3 Å². The zero-order chi connectivity index (χ0) is 24.6. The molecule has 0 atom stereocenters. The lowest BCUT2D eigenvalue weighted by Crippen LogP contribution is -2.30. The molecule has 0 unspecified atom stereocenters. The van der Waals surface area contributed by atoms with Crippen LogP contribution in [0.1, 0.15) is 29.4 Å². The molecule has 35 heavy (non-hydrogen) atoms. The SMILES string of the molecule is CCOCCCn1cncc1Cn1cc(C(=O)N(C)CCOC)c(-c2cccc3ccccc23)c1. The summed E-state index contributed by atoms with van der Waals surface area (Å²) < 4.78 is 14.9. The number of likely N-dealkylation sites (N-methyl/N-ethyl adjacent to an activating group) is 1. The van der Waals surface area contributed by atoms with Crippen LogP contribution in [-0.2, 0) is 22.6 Å². The number of imidazole rings is 1. The maximum atomic E-state index is 13.5. The fraction of sp³-hybridized carbons (Fsp3) is 0.357. The monoisotopic (exact) mass is 474 g/mol. The van der Waals surface area contributed by atoms with Gasteiger partial charge in [-0.2, -0.15) is 0 Å². The molecule has 2 aromatic carbocycles. The van der Waals surface area contributed by atoms with E-state index in [2.05, 4.69) is 44.6 Å². The summed E-state index contributed by atoms with van der Waals surface area (Å²) in [4.78, 5) is 19.6. The Morgan fingerprint density at radius 3 is 2.71 bits per heavy atom. The lowest BCUT2D eigenvalue weighted by atomic mass is 9.97. The Morgan fingerprint density at radius 1 is 1.06 bits per heavy atom. The predicted octanol–water partition coefficient (Wildman–Crippen LogP) is 4.70. The molecule has 0 saturated carbocycles. The molecule has 0 aliphatic carbocycles. The van der Waals surface area contributed by atoms with Gasteiger partial charge in [0.2, 0.25) is 0 Å². The normalized spacial score (nSPS) is 11.3. The summed E-state index contributed by atoms with van der Waals surface area (Å²) in [7, 11) is 3.47. The van der Waals surface area contributed by atoms with Crippen molar-refractivity contribution in [2.24, 2.45) is 0 Å². The molecule has 2 heterocycles. The fourth-order valence-corrected chi connectivity index (χ4v) is 4.33. The molecular weight excluding hydrogens is 440 g/mol. The van der Waals surface area contributed by atoms with Crippen LogP contribution in [0.15, 0.2) is 67.4 Å². The second-order valence-electron chi connectivity index (χ2n) is 8.63. The minimum Gasteiger partial charge on any atom is -0.383 e. The van der Waals surface area contributed by atoms with E-state index in [0.717, 1.165) is 53.8 Å². The molecule has 184 valence electrons. The largest absolute Gasteiger partial charge is 0.383 e. The number of aryl methyl sites for hydroxylation is 1. The quantitative estimate of drug-likeness (QED) is 0.279. The first kappa shape index (κ1) is 24.7. The highest BCUT2D eigenvalue weighted by atomic mass is 16.5. The van der Waals surface area contributed by atoms with Crippen molar-refractivity contribution in [2.75, 3.05) is 40.5 Å². The lowest BCUT2D eigenvalue weighted by Gasteiger charge is -2.17. The number of fused-ring (bicyclic) bond motifs is 1. The van der Waals surface area contributed by atoms with Crippen LogP contribution >= 0.6 is 0 Å². The van der Waals surface area contributed by atoms with Gasteiger partial charge in [-0.3, -0.25) is 4.79 Å². The summed E-state index contributed by atoms with van der Waals surface area (Å²) in [6.07, 6.45) is 8.72. The van der Waals surface area contributed by atoms with Gasteiger partial charge >= 0.3 is 0 Å². The van der Waals surface area contributed by atoms with Gasteiger partial charge in [-0.05, 0) is 29.7 Å². The number of amides is 1. The number of rotatable bonds is 12. The summed E-state index contributed by atoms with van der Waals surface area (Å²) in [5.41, 5.74) is 3.75. The minimum atomic E-state index is -0.0195. The van der Waals surface area contributed by atoms with E-state index in [1.54, 1.807) is 12.0 Å². The zero-order valence-corrected chi connectivity index (χ0v) is 20.8. The Labute approximate surface area is 206 Å². The maximum Gasteiger partial charge on any atom is 0.255 e. The average Bonchev–Trinajstić information content (AvgIpc) is 3.51. The highest BCUT2D eigenvalue weighted by Gasteiger charge is 2.21. The molecule has 7 heteroatoms. The highest BCUT2D eigenvalue weighted by molar-refractivity contribution is 6.05. The van der Waals surface area contributed by atoms with Gasteiger partial charge in [0.15, 0.2) is 0 Å². The van der Waals surface area contributed by atoms with Crippen LogP contribution in [0.2, 0.25) is 0 Å². The van der Waals surface area contributed by atoms with Crippen LogP contribution in [0, 0.1) is 0 Å². The van der Waals surface area contributed by atoms with Crippen LogP contribution in [0.3, 0.4) is 0 Å². The maximum absolute atomic E-state index is 13.5. The number of hydrogen-bond donors (Lipinski definition) is 0. The topological polar surface area (TPSA) is 61.5 Å². The Kier molecular flexibility index (Phi) is 8.34. The van der Waals surface area contributed by atoms with E-state index in [4.69, 9.17) is 9.47 Å². The summed E-state index contributed by atoms with van der Waals surface area (Å²) in [6.45, 7) is 5.96. The molecule has 0 bridgehead atoms. The van der Waals surface area contributed by atoms with Crippen molar-refractivity contribution in [1.82, 2.24) is 19.0 Å². The van der Waals surface area contributed by atoms with Gasteiger partial charge in [-0.15, -0.1) is 0 Å². The Hall–Kier alpha value is -3.42. The molecule has 0 spiro atoms. The molecule has 0 radical (unpaired) electrons. The molecule has 0 aliphatic rings. The van der Waals surface area contributed by atoms with Crippen LogP contribution in [-0.4, -0.2) is 65.4 Å².